The highest BCUT2D eigenvalue weighted by atomic mass is 32.2. The van der Waals surface area contributed by atoms with Crippen LogP contribution < -0.4 is 11.0 Å². The molecule has 1 aromatic rings. The van der Waals surface area contributed by atoms with Crippen LogP contribution in [0, 0.1) is 10.8 Å². The Labute approximate surface area is 355 Å². The van der Waals surface area contributed by atoms with Gasteiger partial charge in [0.1, 0.15) is 24.1 Å². The summed E-state index contributed by atoms with van der Waals surface area (Å²) < 4.78 is 36.9. The third-order valence-corrected chi connectivity index (χ3v) is 13.4. The van der Waals surface area contributed by atoms with Crippen LogP contribution in [0.25, 0.3) is 0 Å². The van der Waals surface area contributed by atoms with E-state index in [4.69, 9.17) is 18.3 Å². The normalized spacial score (nSPS) is 18.8. The topological polar surface area (TPSA) is 193 Å². The summed E-state index contributed by atoms with van der Waals surface area (Å²) >= 11 is 2.03. The van der Waals surface area contributed by atoms with Gasteiger partial charge in [0, 0.05) is 35.0 Å². The molecule has 334 valence electrons. The molecule has 0 spiro atoms. The molecule has 1 aliphatic rings. The molecule has 0 radical (unpaired) electrons. The second kappa shape index (κ2) is 27.4. The minimum absolute atomic E-state index is 0.0556. The van der Waals surface area contributed by atoms with E-state index in [2.05, 4.69) is 17.2 Å². The number of carbonyl (C=O) groups excluding carboxylic acids is 3. The Balaban J connectivity index is 1.82. The predicted octanol–water partition coefficient (Wildman–Crippen LogP) is 8.83. The van der Waals surface area contributed by atoms with Crippen molar-refractivity contribution in [3.63, 3.8) is 0 Å². The van der Waals surface area contributed by atoms with E-state index in [1.165, 1.54) is 82.9 Å². The van der Waals surface area contributed by atoms with Gasteiger partial charge in [0.15, 0.2) is 16.5 Å². The molecule has 0 unspecified atom stereocenters. The van der Waals surface area contributed by atoms with E-state index in [-0.39, 0.29) is 46.7 Å². The van der Waals surface area contributed by atoms with Crippen LogP contribution in [-0.2, 0) is 37.3 Å². The first-order valence-electron chi connectivity index (χ1n) is 21.2. The number of anilines is 1. The van der Waals surface area contributed by atoms with Crippen molar-refractivity contribution in [3.05, 3.63) is 22.7 Å². The van der Waals surface area contributed by atoms with Gasteiger partial charge in [-0.3, -0.25) is 32.5 Å². The summed E-state index contributed by atoms with van der Waals surface area (Å²) in [6.45, 7) is 12.1. The van der Waals surface area contributed by atoms with Crippen molar-refractivity contribution in [1.82, 2.24) is 9.55 Å². The Bertz CT molecular complexity index is 1450. The Morgan fingerprint density at radius 3 is 1.69 bits per heavy atom. The second-order valence-corrected chi connectivity index (χ2v) is 20.8. The molecule has 0 bridgehead atoms. The van der Waals surface area contributed by atoms with Crippen molar-refractivity contribution in [2.45, 2.75) is 176 Å². The van der Waals surface area contributed by atoms with E-state index in [1.54, 1.807) is 41.5 Å². The molecule has 0 aliphatic carbocycles. The van der Waals surface area contributed by atoms with E-state index in [9.17, 15) is 34.0 Å². The van der Waals surface area contributed by atoms with Crippen LogP contribution in [-0.4, -0.2) is 85.5 Å². The molecule has 2 heterocycles. The van der Waals surface area contributed by atoms with Crippen LogP contribution in [0.2, 0.25) is 0 Å². The van der Waals surface area contributed by atoms with Gasteiger partial charge in [0.25, 0.3) is 0 Å². The van der Waals surface area contributed by atoms with E-state index in [1.807, 2.05) is 0 Å². The quantitative estimate of drug-likeness (QED) is 0.0511. The highest BCUT2D eigenvalue weighted by Crippen LogP contribution is 2.50. The lowest BCUT2D eigenvalue weighted by atomic mass is 9.99. The maximum atomic E-state index is 13.6. The number of unbranched alkanes of at least 4 members (excludes halogenated alkanes) is 14. The molecule has 58 heavy (non-hydrogen) atoms. The first-order chi connectivity index (χ1) is 27.4. The molecule has 1 amide bonds. The standard InChI is InChI=1S/C41H72N3O11PS2/c1-8-9-10-11-12-13-14-15-16-17-18-19-20-21-22-23-33(45)42-32-24-25-44(39(50)43-32)36-35(47)34(46)31(55-36)30-54-56(51,52-26-28-57-37(48)40(2,3)4)53-27-29-58-38(49)41(5,6)7/h24-25,31,34-36,46-47H,8-23,26-30H2,1-7H3,(H,42,43,45,50)/t31-,34-,35+,36-/m1/s1. The van der Waals surface area contributed by atoms with E-state index >= 15 is 0 Å². The smallest absolute Gasteiger partial charge is 0.387 e. The molecule has 1 saturated heterocycles. The average molecular weight is 878 g/mol. The third-order valence-electron chi connectivity index (χ3n) is 9.47. The van der Waals surface area contributed by atoms with Gasteiger partial charge in [-0.2, -0.15) is 4.98 Å². The Morgan fingerprint density at radius 1 is 0.776 bits per heavy atom. The van der Waals surface area contributed by atoms with Gasteiger partial charge in [0.05, 0.1) is 19.8 Å². The largest absolute Gasteiger partial charge is 0.474 e. The zero-order valence-electron chi connectivity index (χ0n) is 36.0. The van der Waals surface area contributed by atoms with Crippen LogP contribution in [0.1, 0.15) is 157 Å². The molecule has 1 fully saturated rings. The number of ether oxygens (including phenoxy) is 1. The van der Waals surface area contributed by atoms with Gasteiger partial charge in [-0.15, -0.1) is 0 Å². The van der Waals surface area contributed by atoms with Crippen LogP contribution in [0.15, 0.2) is 17.1 Å². The number of hydrogen-bond donors (Lipinski definition) is 3. The maximum absolute atomic E-state index is 13.6. The van der Waals surface area contributed by atoms with Gasteiger partial charge >= 0.3 is 13.5 Å². The van der Waals surface area contributed by atoms with Gasteiger partial charge in [-0.05, 0) is 12.5 Å². The molecule has 1 aliphatic heterocycles. The number of nitrogens with one attached hydrogen (secondary N) is 1. The third kappa shape index (κ3) is 20.8. The Kier molecular flexibility index (Phi) is 24.8. The van der Waals surface area contributed by atoms with Crippen molar-refractivity contribution in [2.24, 2.45) is 10.8 Å². The number of amides is 1. The number of nitrogens with zero attached hydrogens (tertiary/aromatic N) is 2. The first-order valence-corrected chi connectivity index (χ1v) is 24.6. The minimum atomic E-state index is -4.31. The molecule has 4 atom stereocenters. The van der Waals surface area contributed by atoms with Gasteiger partial charge < -0.3 is 20.3 Å². The minimum Gasteiger partial charge on any atom is -0.387 e. The fourth-order valence-electron chi connectivity index (χ4n) is 5.91. The Hall–Kier alpha value is -1.62. The lowest BCUT2D eigenvalue weighted by Gasteiger charge is -2.22. The summed E-state index contributed by atoms with van der Waals surface area (Å²) in [5.74, 6) is 0.135. The summed E-state index contributed by atoms with van der Waals surface area (Å²) in [6, 6.07) is 1.40. The average Bonchev–Trinajstić information content (AvgIpc) is 3.43. The molecular weight excluding hydrogens is 806 g/mol. The number of phosphoric ester groups is 1. The number of rotatable bonds is 29. The van der Waals surface area contributed by atoms with Crippen LogP contribution in [0.4, 0.5) is 5.82 Å². The van der Waals surface area contributed by atoms with Crippen molar-refractivity contribution in [1.29, 1.82) is 0 Å². The SMILES string of the molecule is CCCCCCCCCCCCCCCCCC(=O)Nc1ccn([C@@H]2O[C@H](COP(=O)(OCCSC(=O)C(C)(C)C)OCCSC(=O)C(C)(C)C)[C@@H](O)[C@@H]2O)c(=O)n1. The molecular formula is C41H72N3O11PS2. The van der Waals surface area contributed by atoms with Crippen LogP contribution in [0.3, 0.4) is 0 Å². The van der Waals surface area contributed by atoms with Crippen molar-refractivity contribution in [3.8, 4) is 0 Å². The number of carbonyl (C=O) groups is 3. The van der Waals surface area contributed by atoms with Crippen LogP contribution >= 0.6 is 31.3 Å². The monoisotopic (exact) mass is 877 g/mol. The summed E-state index contributed by atoms with van der Waals surface area (Å²) in [6.07, 6.45) is 14.3. The van der Waals surface area contributed by atoms with Gasteiger partial charge in [-0.25, -0.2) is 9.36 Å². The molecule has 1 aromatic heterocycles. The van der Waals surface area contributed by atoms with Crippen molar-refractivity contribution >= 4 is 53.3 Å². The molecule has 14 nitrogen and oxygen atoms in total. The molecule has 17 heteroatoms. The first kappa shape index (κ1) is 52.5. The highest BCUT2D eigenvalue weighted by Gasteiger charge is 2.45. The number of phosphoric acid groups is 1. The predicted molar refractivity (Wildman–Crippen MR) is 232 cm³/mol. The van der Waals surface area contributed by atoms with E-state index in [0.717, 1.165) is 53.8 Å². The zero-order valence-corrected chi connectivity index (χ0v) is 38.6. The van der Waals surface area contributed by atoms with Crippen LogP contribution in [0.5, 0.6) is 0 Å². The summed E-state index contributed by atoms with van der Waals surface area (Å²) in [5.41, 5.74) is -1.99. The number of aliphatic hydroxyl groups is 2. The molecule has 0 aromatic carbocycles. The number of thioether (sulfide) groups is 2. The van der Waals surface area contributed by atoms with E-state index in [0.29, 0.717) is 6.42 Å². The Morgan fingerprint density at radius 2 is 1.24 bits per heavy atom. The lowest BCUT2D eigenvalue weighted by Crippen LogP contribution is -2.36. The summed E-state index contributed by atoms with van der Waals surface area (Å²) in [5, 5.41) is 24.1. The molecule has 3 N–H and O–H groups in total. The summed E-state index contributed by atoms with van der Waals surface area (Å²) in [4.78, 5) is 54.0. The highest BCUT2D eigenvalue weighted by molar-refractivity contribution is 8.14. The fraction of sp³-hybridized carbons (Fsp3) is 0.829. The van der Waals surface area contributed by atoms with Gasteiger partial charge in [-0.1, -0.05) is 162 Å². The van der Waals surface area contributed by atoms with Crippen molar-refractivity contribution in [2.75, 3.05) is 36.6 Å². The molecule has 0 saturated carbocycles. The second-order valence-electron chi connectivity index (χ2n) is 17.0. The van der Waals surface area contributed by atoms with Crippen molar-refractivity contribution < 1.29 is 47.5 Å². The van der Waals surface area contributed by atoms with E-state index < -0.39 is 55.5 Å². The van der Waals surface area contributed by atoms with Gasteiger partial charge in [0.2, 0.25) is 5.91 Å². The number of aromatic nitrogens is 2. The lowest BCUT2D eigenvalue weighted by molar-refractivity contribution is -0.118. The summed E-state index contributed by atoms with van der Waals surface area (Å²) in [7, 11) is -4.31. The zero-order chi connectivity index (χ0) is 43.2. The fourth-order valence-corrected chi connectivity index (χ4v) is 8.91. The number of hydrogen-bond acceptors (Lipinski definition) is 14. The number of aliphatic hydroxyl groups excluding tert-OH is 2. The molecule has 2 rings (SSSR count). The maximum Gasteiger partial charge on any atom is 0.474 e.